The molecule has 0 aromatic carbocycles. The second-order valence-corrected chi connectivity index (χ2v) is 3.48. The summed E-state index contributed by atoms with van der Waals surface area (Å²) in [6.07, 6.45) is 1.75. The molecular formula is C11H22N2O4. The Hall–Kier alpha value is -1.30. The highest BCUT2D eigenvalue weighted by molar-refractivity contribution is 5.75. The second-order valence-electron chi connectivity index (χ2n) is 3.48. The summed E-state index contributed by atoms with van der Waals surface area (Å²) in [4.78, 5) is 21.7. The number of alkyl carbamates (subject to hydrolysis) is 1. The van der Waals surface area contributed by atoms with Crippen LogP contribution in [0.2, 0.25) is 0 Å². The molecule has 0 aromatic rings. The van der Waals surface area contributed by atoms with Crippen molar-refractivity contribution >= 4 is 12.0 Å². The van der Waals surface area contributed by atoms with Crippen molar-refractivity contribution in [1.29, 1.82) is 0 Å². The fraction of sp³-hybridized carbons (Fsp3) is 0.818. The number of rotatable bonds is 9. The van der Waals surface area contributed by atoms with E-state index in [4.69, 9.17) is 4.74 Å². The van der Waals surface area contributed by atoms with Crippen LogP contribution in [0.15, 0.2) is 0 Å². The molecule has 0 aliphatic heterocycles. The van der Waals surface area contributed by atoms with Gasteiger partial charge in [0.2, 0.25) is 5.91 Å². The number of methoxy groups -OCH3 is 1. The largest absolute Gasteiger partial charge is 0.453 e. The van der Waals surface area contributed by atoms with Gasteiger partial charge in [-0.05, 0) is 12.8 Å². The van der Waals surface area contributed by atoms with E-state index < -0.39 is 6.09 Å². The zero-order valence-corrected chi connectivity index (χ0v) is 10.6. The maximum atomic E-state index is 11.1. The molecule has 0 saturated carbocycles. The SMILES string of the molecule is CCCC(=O)NCCCOCCNC(=O)OC. The standard InChI is InChI=1S/C11H22N2O4/c1-3-5-10(14)12-6-4-8-17-9-7-13-11(15)16-2/h3-9H2,1-2H3,(H,12,14)(H,13,15). The zero-order chi connectivity index (χ0) is 12.9. The van der Waals surface area contributed by atoms with Crippen molar-refractivity contribution in [2.75, 3.05) is 33.4 Å². The highest BCUT2D eigenvalue weighted by Crippen LogP contribution is 1.86. The van der Waals surface area contributed by atoms with Crippen LogP contribution in [0.1, 0.15) is 26.2 Å². The van der Waals surface area contributed by atoms with E-state index in [9.17, 15) is 9.59 Å². The van der Waals surface area contributed by atoms with E-state index in [-0.39, 0.29) is 5.91 Å². The summed E-state index contributed by atoms with van der Waals surface area (Å²) in [7, 11) is 1.31. The van der Waals surface area contributed by atoms with Gasteiger partial charge in [0, 0.05) is 26.1 Å². The highest BCUT2D eigenvalue weighted by atomic mass is 16.5. The van der Waals surface area contributed by atoms with Crippen LogP contribution >= 0.6 is 0 Å². The topological polar surface area (TPSA) is 76.7 Å². The van der Waals surface area contributed by atoms with Crippen molar-refractivity contribution in [2.24, 2.45) is 0 Å². The van der Waals surface area contributed by atoms with Crippen molar-refractivity contribution in [1.82, 2.24) is 10.6 Å². The lowest BCUT2D eigenvalue weighted by Gasteiger charge is -2.06. The minimum atomic E-state index is -0.458. The van der Waals surface area contributed by atoms with Crippen LogP contribution in [0, 0.1) is 0 Å². The van der Waals surface area contributed by atoms with Gasteiger partial charge in [0.15, 0.2) is 0 Å². The first-order valence-corrected chi connectivity index (χ1v) is 5.87. The summed E-state index contributed by atoms with van der Waals surface area (Å²) < 4.78 is 9.64. The van der Waals surface area contributed by atoms with Gasteiger partial charge in [0.05, 0.1) is 13.7 Å². The maximum absolute atomic E-state index is 11.1. The lowest BCUT2D eigenvalue weighted by Crippen LogP contribution is -2.27. The highest BCUT2D eigenvalue weighted by Gasteiger charge is 1.98. The van der Waals surface area contributed by atoms with Crippen molar-refractivity contribution in [3.63, 3.8) is 0 Å². The third kappa shape index (κ3) is 11.0. The molecule has 6 nitrogen and oxygen atoms in total. The Balaban J connectivity index is 3.13. The normalized spacial score (nSPS) is 9.76. The van der Waals surface area contributed by atoms with Crippen LogP contribution in [0.5, 0.6) is 0 Å². The van der Waals surface area contributed by atoms with E-state index in [1.165, 1.54) is 7.11 Å². The van der Waals surface area contributed by atoms with E-state index in [0.29, 0.717) is 32.7 Å². The number of amides is 2. The van der Waals surface area contributed by atoms with Gasteiger partial charge in [-0.15, -0.1) is 0 Å². The summed E-state index contributed by atoms with van der Waals surface area (Å²) >= 11 is 0. The summed E-state index contributed by atoms with van der Waals surface area (Å²) in [5, 5.41) is 5.30. The van der Waals surface area contributed by atoms with Crippen LogP contribution < -0.4 is 10.6 Å². The predicted molar refractivity (Wildman–Crippen MR) is 63.8 cm³/mol. The summed E-state index contributed by atoms with van der Waals surface area (Å²) in [5.74, 6) is 0.0832. The molecule has 0 aromatic heterocycles. The Morgan fingerprint density at radius 3 is 2.53 bits per heavy atom. The van der Waals surface area contributed by atoms with Gasteiger partial charge >= 0.3 is 6.09 Å². The fourth-order valence-corrected chi connectivity index (χ4v) is 1.12. The van der Waals surface area contributed by atoms with Gasteiger partial charge in [0.25, 0.3) is 0 Å². The van der Waals surface area contributed by atoms with E-state index in [2.05, 4.69) is 15.4 Å². The van der Waals surface area contributed by atoms with Gasteiger partial charge in [-0.2, -0.15) is 0 Å². The van der Waals surface area contributed by atoms with Crippen molar-refractivity contribution in [2.45, 2.75) is 26.2 Å². The average molecular weight is 246 g/mol. The molecular weight excluding hydrogens is 224 g/mol. The molecule has 0 fully saturated rings. The third-order valence-corrected chi connectivity index (χ3v) is 1.97. The number of ether oxygens (including phenoxy) is 2. The van der Waals surface area contributed by atoms with Gasteiger partial charge in [0.1, 0.15) is 0 Å². The lowest BCUT2D eigenvalue weighted by molar-refractivity contribution is -0.121. The number of carbonyl (C=O) groups is 2. The molecule has 2 amide bonds. The van der Waals surface area contributed by atoms with Crippen molar-refractivity contribution in [3.05, 3.63) is 0 Å². The smallest absolute Gasteiger partial charge is 0.406 e. The summed E-state index contributed by atoms with van der Waals surface area (Å²) in [5.41, 5.74) is 0. The number of hydrogen-bond acceptors (Lipinski definition) is 4. The molecule has 0 atom stereocenters. The molecule has 17 heavy (non-hydrogen) atoms. The first-order valence-electron chi connectivity index (χ1n) is 5.87. The first kappa shape index (κ1) is 15.7. The van der Waals surface area contributed by atoms with Crippen LogP contribution in [0.25, 0.3) is 0 Å². The summed E-state index contributed by atoms with van der Waals surface area (Å²) in [6.45, 7) is 4.03. The van der Waals surface area contributed by atoms with Crippen LogP contribution in [0.3, 0.4) is 0 Å². The average Bonchev–Trinajstić information content (AvgIpc) is 2.32. The zero-order valence-electron chi connectivity index (χ0n) is 10.6. The Bertz CT molecular complexity index is 222. The molecule has 0 bridgehead atoms. The van der Waals surface area contributed by atoms with E-state index in [1.807, 2.05) is 6.92 Å². The van der Waals surface area contributed by atoms with Crippen molar-refractivity contribution < 1.29 is 19.1 Å². The molecule has 0 aliphatic rings. The number of hydrogen-bond donors (Lipinski definition) is 2. The Morgan fingerprint density at radius 1 is 1.12 bits per heavy atom. The molecule has 0 rings (SSSR count). The number of carbonyl (C=O) groups excluding carboxylic acids is 2. The maximum Gasteiger partial charge on any atom is 0.406 e. The molecule has 0 unspecified atom stereocenters. The van der Waals surface area contributed by atoms with Crippen molar-refractivity contribution in [3.8, 4) is 0 Å². The van der Waals surface area contributed by atoms with E-state index in [1.54, 1.807) is 0 Å². The number of nitrogens with one attached hydrogen (secondary N) is 2. The van der Waals surface area contributed by atoms with Gasteiger partial charge in [-0.1, -0.05) is 6.92 Å². The fourth-order valence-electron chi connectivity index (χ4n) is 1.12. The first-order chi connectivity index (χ1) is 8.20. The molecule has 100 valence electrons. The molecule has 0 spiro atoms. The lowest BCUT2D eigenvalue weighted by atomic mass is 10.3. The molecule has 0 heterocycles. The van der Waals surface area contributed by atoms with Crippen LogP contribution in [-0.2, 0) is 14.3 Å². The quantitative estimate of drug-likeness (QED) is 0.586. The summed E-state index contributed by atoms with van der Waals surface area (Å²) in [6, 6.07) is 0. The van der Waals surface area contributed by atoms with Gasteiger partial charge in [-0.25, -0.2) is 4.79 Å². The monoisotopic (exact) mass is 246 g/mol. The molecule has 0 radical (unpaired) electrons. The van der Waals surface area contributed by atoms with E-state index in [0.717, 1.165) is 12.8 Å². The molecule has 6 heteroatoms. The van der Waals surface area contributed by atoms with Gasteiger partial charge < -0.3 is 20.1 Å². The minimum Gasteiger partial charge on any atom is -0.453 e. The van der Waals surface area contributed by atoms with Crippen LogP contribution in [-0.4, -0.2) is 45.4 Å². The Kier molecular flexibility index (Phi) is 10.3. The Morgan fingerprint density at radius 2 is 1.88 bits per heavy atom. The molecule has 2 N–H and O–H groups in total. The third-order valence-electron chi connectivity index (χ3n) is 1.97. The van der Waals surface area contributed by atoms with Gasteiger partial charge in [-0.3, -0.25) is 4.79 Å². The molecule has 0 saturated heterocycles. The predicted octanol–water partition coefficient (Wildman–Crippen LogP) is 0.665. The van der Waals surface area contributed by atoms with E-state index >= 15 is 0 Å². The minimum absolute atomic E-state index is 0.0832. The van der Waals surface area contributed by atoms with Crippen LogP contribution in [0.4, 0.5) is 4.79 Å². The Labute approximate surface area is 102 Å². The second kappa shape index (κ2) is 11.2. The molecule has 0 aliphatic carbocycles.